The van der Waals surface area contributed by atoms with Gasteiger partial charge in [-0.3, -0.25) is 0 Å². The molecule has 1 rings (SSSR count). The van der Waals surface area contributed by atoms with Gasteiger partial charge >= 0.3 is 0 Å². The summed E-state index contributed by atoms with van der Waals surface area (Å²) in [5.41, 5.74) is 0. The zero-order valence-corrected chi connectivity index (χ0v) is 4.91. The SMILES string of the molecule is [2H]C1([2H])CN[C@@]([2H])(C([2H])(C([2H])([2H])[2H])C([2H])([2H])[2H])CN1. The molecule has 0 aromatic rings. The Balaban J connectivity index is 3.21. The van der Waals surface area contributed by atoms with Gasteiger partial charge in [0.05, 0.1) is 0 Å². The van der Waals surface area contributed by atoms with Gasteiger partial charge in [-0.25, -0.2) is 0 Å². The van der Waals surface area contributed by atoms with Gasteiger partial charge in [0.1, 0.15) is 0 Å². The summed E-state index contributed by atoms with van der Waals surface area (Å²) < 4.78 is 74.5. The van der Waals surface area contributed by atoms with Crippen LogP contribution in [0.5, 0.6) is 0 Å². The van der Waals surface area contributed by atoms with E-state index < -0.39 is 45.2 Å². The van der Waals surface area contributed by atoms with Crippen molar-refractivity contribution < 1.29 is 13.7 Å². The lowest BCUT2D eigenvalue weighted by molar-refractivity contribution is 0.342. The third-order valence-corrected chi connectivity index (χ3v) is 1.08. The zero-order valence-electron chi connectivity index (χ0n) is 14.9. The molecule has 0 amide bonds. The summed E-state index contributed by atoms with van der Waals surface area (Å²) in [5, 5.41) is 4.52. The molecule has 1 saturated heterocycles. The molecule has 0 spiro atoms. The molecule has 1 aliphatic heterocycles. The predicted octanol–water partition coefficient (Wildman–Crippen LogP) is 0.204. The van der Waals surface area contributed by atoms with Crippen LogP contribution in [0.4, 0.5) is 0 Å². The molecule has 0 aromatic heterocycles. The van der Waals surface area contributed by atoms with Gasteiger partial charge in [0.2, 0.25) is 0 Å². The molecular formula is C7H16N2. The van der Waals surface area contributed by atoms with Crippen molar-refractivity contribution in [3.63, 3.8) is 0 Å². The van der Waals surface area contributed by atoms with Crippen molar-refractivity contribution in [2.75, 3.05) is 19.6 Å². The van der Waals surface area contributed by atoms with E-state index >= 15 is 0 Å². The van der Waals surface area contributed by atoms with E-state index in [-0.39, 0.29) is 0 Å². The van der Waals surface area contributed by atoms with E-state index in [2.05, 4.69) is 10.6 Å². The fourth-order valence-electron chi connectivity index (χ4n) is 0.604. The summed E-state index contributed by atoms with van der Waals surface area (Å²) in [5.74, 6) is -3.07. The zero-order chi connectivity index (χ0) is 15.3. The molecule has 0 radical (unpaired) electrons. The van der Waals surface area contributed by atoms with Gasteiger partial charge in [-0.1, -0.05) is 13.7 Å². The Bertz CT molecular complexity index is 321. The number of nitrogens with one attached hydrogen (secondary N) is 2. The van der Waals surface area contributed by atoms with Crippen LogP contribution in [0, 0.1) is 5.89 Å². The lowest BCUT2D eigenvalue weighted by atomic mass is 10.0. The van der Waals surface area contributed by atoms with Gasteiger partial charge in [0.15, 0.2) is 0 Å². The minimum absolute atomic E-state index is 0.455. The van der Waals surface area contributed by atoms with Crippen molar-refractivity contribution in [2.24, 2.45) is 5.89 Å². The average molecular weight is 138 g/mol. The first-order chi connectivity index (χ1) is 8.16. The van der Waals surface area contributed by atoms with E-state index in [1.165, 1.54) is 0 Å². The van der Waals surface area contributed by atoms with Gasteiger partial charge in [0, 0.05) is 39.3 Å². The summed E-state index contributed by atoms with van der Waals surface area (Å²) in [4.78, 5) is 0. The monoisotopic (exact) mass is 138 g/mol. The largest absolute Gasteiger partial charge is 0.314 e. The normalized spacial score (nSPS) is 63.1. The van der Waals surface area contributed by atoms with Gasteiger partial charge in [0.25, 0.3) is 0 Å². The molecule has 0 saturated carbocycles. The molecule has 9 heavy (non-hydrogen) atoms. The Labute approximate surface area is 71.1 Å². The average Bonchev–Trinajstić information content (AvgIpc) is 2.18. The minimum Gasteiger partial charge on any atom is -0.314 e. The highest BCUT2D eigenvalue weighted by atomic mass is 15.1. The second-order valence-electron chi connectivity index (χ2n) is 1.74. The highest BCUT2D eigenvalue weighted by molar-refractivity contribution is 4.77. The van der Waals surface area contributed by atoms with Crippen LogP contribution in [0.3, 0.4) is 0 Å². The van der Waals surface area contributed by atoms with Gasteiger partial charge in [-0.15, -0.1) is 0 Å². The Morgan fingerprint density at radius 3 is 3.44 bits per heavy atom. The smallest absolute Gasteiger partial charge is 0.0481 e. The Morgan fingerprint density at radius 2 is 2.89 bits per heavy atom. The molecule has 1 aliphatic rings. The van der Waals surface area contributed by atoms with Gasteiger partial charge in [-0.2, -0.15) is 0 Å². The number of hydrogen-bond donors (Lipinski definition) is 2. The lowest BCUT2D eigenvalue weighted by Crippen LogP contribution is -2.50. The van der Waals surface area contributed by atoms with Crippen molar-refractivity contribution >= 4 is 0 Å². The quantitative estimate of drug-likeness (QED) is 0.541. The molecular weight excluding hydrogens is 112 g/mol. The first-order valence-electron chi connectivity index (χ1n) is 7.66. The third kappa shape index (κ3) is 1.95. The topological polar surface area (TPSA) is 24.1 Å². The first kappa shape index (κ1) is 1.56. The second-order valence-corrected chi connectivity index (χ2v) is 1.74. The molecule has 0 aliphatic carbocycles. The molecule has 2 nitrogen and oxygen atoms in total. The minimum atomic E-state index is -3.22. The van der Waals surface area contributed by atoms with E-state index in [0.29, 0.717) is 0 Å². The van der Waals surface area contributed by atoms with E-state index in [1.807, 2.05) is 0 Å². The van der Waals surface area contributed by atoms with Crippen molar-refractivity contribution in [1.29, 1.82) is 0 Å². The number of rotatable bonds is 1. The summed E-state index contributed by atoms with van der Waals surface area (Å²) in [6, 6.07) is -2.35. The predicted molar refractivity (Wildman–Crippen MR) is 39.5 cm³/mol. The number of hydrogen-bond acceptors (Lipinski definition) is 2. The highest BCUT2D eigenvalue weighted by Gasteiger charge is 2.14. The fraction of sp³-hybridized carbons (Fsp3) is 1.00. The van der Waals surface area contributed by atoms with Crippen LogP contribution in [0.15, 0.2) is 0 Å². The Kier molecular flexibility index (Phi) is 0.552. The fourth-order valence-corrected chi connectivity index (χ4v) is 0.604. The molecule has 0 bridgehead atoms. The maximum Gasteiger partial charge on any atom is 0.0481 e. The lowest BCUT2D eigenvalue weighted by Gasteiger charge is -2.27. The molecule has 54 valence electrons. The summed E-state index contributed by atoms with van der Waals surface area (Å²) in [6.45, 7) is -9.38. The van der Waals surface area contributed by atoms with Crippen LogP contribution in [0.25, 0.3) is 0 Å². The van der Waals surface area contributed by atoms with E-state index in [0.717, 1.165) is 0 Å². The van der Waals surface area contributed by atoms with Crippen molar-refractivity contribution in [1.82, 2.24) is 10.6 Å². The molecule has 1 fully saturated rings. The van der Waals surface area contributed by atoms with Crippen LogP contribution in [0.2, 0.25) is 0 Å². The van der Waals surface area contributed by atoms with Gasteiger partial charge in [-0.05, 0) is 5.89 Å². The Morgan fingerprint density at radius 1 is 2.00 bits per heavy atom. The summed E-state index contributed by atoms with van der Waals surface area (Å²) in [6.07, 6.45) is 0. The second kappa shape index (κ2) is 3.18. The van der Waals surface area contributed by atoms with Gasteiger partial charge < -0.3 is 10.6 Å². The molecule has 1 atom stereocenters. The summed E-state index contributed by atoms with van der Waals surface area (Å²) >= 11 is 0. The van der Waals surface area contributed by atoms with Crippen LogP contribution in [-0.2, 0) is 0 Å². The van der Waals surface area contributed by atoms with E-state index in [1.54, 1.807) is 0 Å². The van der Waals surface area contributed by atoms with E-state index in [9.17, 15) is 0 Å². The molecule has 2 N–H and O–H groups in total. The highest BCUT2D eigenvalue weighted by Crippen LogP contribution is 2.00. The van der Waals surface area contributed by atoms with Crippen LogP contribution < -0.4 is 10.6 Å². The molecule has 1 heterocycles. The van der Waals surface area contributed by atoms with Crippen molar-refractivity contribution in [2.45, 2.75) is 19.7 Å². The maximum atomic E-state index is 8.01. The maximum absolute atomic E-state index is 8.01. The van der Waals surface area contributed by atoms with Crippen LogP contribution >= 0.6 is 0 Å². The van der Waals surface area contributed by atoms with Crippen LogP contribution in [-0.4, -0.2) is 25.6 Å². The Hall–Kier alpha value is -0.0800. The van der Waals surface area contributed by atoms with Crippen LogP contribution in [0.1, 0.15) is 27.4 Å². The third-order valence-electron chi connectivity index (χ3n) is 1.08. The molecule has 0 unspecified atom stereocenters. The standard InChI is InChI=1S/C7H16N2/c1-6(2)7-5-8-3-4-9-7/h6-9H,3-5H2,1-2H3/t7-/m1/s1/i1D3,2D3,3D2,6D,7D. The summed E-state index contributed by atoms with van der Waals surface area (Å²) in [7, 11) is 0. The molecule has 2 heteroatoms. The first-order valence-corrected chi connectivity index (χ1v) is 2.66. The molecule has 0 aromatic carbocycles. The van der Waals surface area contributed by atoms with Crippen molar-refractivity contribution in [3.05, 3.63) is 0 Å². The van der Waals surface area contributed by atoms with Crippen molar-refractivity contribution in [3.8, 4) is 0 Å². The van der Waals surface area contributed by atoms with E-state index in [4.69, 9.17) is 13.7 Å². The number of piperazine rings is 1.